The number of hydrogen-bond acceptors (Lipinski definition) is 4. The second kappa shape index (κ2) is 7.28. The Hall–Kier alpha value is -0.790. The zero-order valence-electron chi connectivity index (χ0n) is 10.7. The van der Waals surface area contributed by atoms with Gasteiger partial charge in [0.15, 0.2) is 9.84 Å². The molecule has 1 rings (SSSR count). The topological polar surface area (TPSA) is 71.4 Å². The summed E-state index contributed by atoms with van der Waals surface area (Å²) >= 11 is 7.11. The fourth-order valence-corrected chi connectivity index (χ4v) is 3.86. The average Bonchev–Trinajstić information content (AvgIpc) is 2.37. The molecule has 1 aromatic rings. The van der Waals surface area contributed by atoms with E-state index in [-0.39, 0.29) is 10.6 Å². The van der Waals surface area contributed by atoms with Crippen molar-refractivity contribution in [3.05, 3.63) is 28.5 Å². The second-order valence-electron chi connectivity index (χ2n) is 3.94. The van der Waals surface area contributed by atoms with E-state index in [4.69, 9.17) is 16.7 Å². The van der Waals surface area contributed by atoms with E-state index in [2.05, 4.69) is 0 Å². The molecule has 0 saturated heterocycles. The summed E-state index contributed by atoms with van der Waals surface area (Å²) in [5.74, 6) is -1.10. The van der Waals surface area contributed by atoms with Gasteiger partial charge in [-0.1, -0.05) is 18.5 Å². The quantitative estimate of drug-likeness (QED) is 0.772. The molecule has 8 heteroatoms. The Kier molecular flexibility index (Phi) is 6.29. The lowest BCUT2D eigenvalue weighted by Gasteiger charge is -2.07. The smallest absolute Gasteiger partial charge is 0.337 e. The van der Waals surface area contributed by atoms with Gasteiger partial charge in [0.25, 0.3) is 0 Å². The van der Waals surface area contributed by atoms with Crippen LogP contribution in [0.15, 0.2) is 17.0 Å². The van der Waals surface area contributed by atoms with Crippen molar-refractivity contribution >= 4 is 39.2 Å². The third-order valence-corrected chi connectivity index (χ3v) is 5.65. The van der Waals surface area contributed by atoms with E-state index < -0.39 is 32.2 Å². The van der Waals surface area contributed by atoms with Crippen LogP contribution in [-0.2, 0) is 9.84 Å². The van der Waals surface area contributed by atoms with Crippen molar-refractivity contribution in [3.63, 3.8) is 0 Å². The summed E-state index contributed by atoms with van der Waals surface area (Å²) in [5.41, 5.74) is -0.548. The van der Waals surface area contributed by atoms with Crippen molar-refractivity contribution in [1.29, 1.82) is 0 Å². The molecule has 20 heavy (non-hydrogen) atoms. The van der Waals surface area contributed by atoms with Gasteiger partial charge >= 0.3 is 5.97 Å². The van der Waals surface area contributed by atoms with Crippen LogP contribution in [0, 0.1) is 5.82 Å². The average molecular weight is 341 g/mol. The molecule has 0 aliphatic rings. The standard InChI is InChI=1S/C12H14ClFO4S2/c1-2-19-4-3-5-20(17,18)8-6-9(12(15)16)11(13)10(14)7-8/h6-7H,2-5H2,1H3,(H,15,16). The summed E-state index contributed by atoms with van der Waals surface area (Å²) in [7, 11) is -3.71. The lowest BCUT2D eigenvalue weighted by Crippen LogP contribution is -2.10. The van der Waals surface area contributed by atoms with Gasteiger partial charge < -0.3 is 5.11 Å². The van der Waals surface area contributed by atoms with Gasteiger partial charge in [-0.05, 0) is 30.1 Å². The Labute approximate surface area is 126 Å². The molecule has 1 aromatic carbocycles. The highest BCUT2D eigenvalue weighted by atomic mass is 35.5. The third kappa shape index (κ3) is 4.36. The summed E-state index contributed by atoms with van der Waals surface area (Å²) in [4.78, 5) is 10.6. The van der Waals surface area contributed by atoms with Gasteiger partial charge in [-0.25, -0.2) is 17.6 Å². The molecule has 0 aliphatic heterocycles. The van der Waals surface area contributed by atoms with Crippen molar-refractivity contribution < 1.29 is 22.7 Å². The molecule has 0 fully saturated rings. The molecule has 0 aromatic heterocycles. The molecule has 112 valence electrons. The van der Waals surface area contributed by atoms with Crippen LogP contribution in [0.1, 0.15) is 23.7 Å². The molecule has 0 unspecified atom stereocenters. The van der Waals surface area contributed by atoms with E-state index >= 15 is 0 Å². The minimum Gasteiger partial charge on any atom is -0.478 e. The van der Waals surface area contributed by atoms with Gasteiger partial charge in [0, 0.05) is 0 Å². The zero-order chi connectivity index (χ0) is 15.3. The van der Waals surface area contributed by atoms with Crippen LogP contribution >= 0.6 is 23.4 Å². The summed E-state index contributed by atoms with van der Waals surface area (Å²) in [6, 6.07) is 1.66. The van der Waals surface area contributed by atoms with Crippen LogP contribution in [0.25, 0.3) is 0 Å². The van der Waals surface area contributed by atoms with Crippen LogP contribution in [-0.4, -0.2) is 36.8 Å². The fraction of sp³-hybridized carbons (Fsp3) is 0.417. The number of sulfone groups is 1. The van der Waals surface area contributed by atoms with Gasteiger partial charge in [-0.2, -0.15) is 11.8 Å². The molecule has 1 N–H and O–H groups in total. The van der Waals surface area contributed by atoms with E-state index in [1.54, 1.807) is 11.8 Å². The van der Waals surface area contributed by atoms with Gasteiger partial charge in [0.05, 0.1) is 21.2 Å². The van der Waals surface area contributed by atoms with Crippen LogP contribution < -0.4 is 0 Å². The third-order valence-electron chi connectivity index (χ3n) is 2.50. The summed E-state index contributed by atoms with van der Waals surface area (Å²) in [5, 5.41) is 8.29. The first-order valence-corrected chi connectivity index (χ1v) is 9.01. The Bertz CT molecular complexity index is 602. The lowest BCUT2D eigenvalue weighted by atomic mass is 10.2. The monoisotopic (exact) mass is 340 g/mol. The second-order valence-corrected chi connectivity index (χ2v) is 7.82. The van der Waals surface area contributed by atoms with E-state index in [0.29, 0.717) is 12.2 Å². The highest BCUT2D eigenvalue weighted by molar-refractivity contribution is 7.99. The predicted octanol–water partition coefficient (Wildman–Crippen LogP) is 3.09. The Balaban J connectivity index is 3.04. The Morgan fingerprint density at radius 3 is 2.65 bits per heavy atom. The van der Waals surface area contributed by atoms with Crippen molar-refractivity contribution in [2.45, 2.75) is 18.2 Å². The normalized spacial score (nSPS) is 11.6. The van der Waals surface area contributed by atoms with E-state index in [1.165, 1.54) is 0 Å². The van der Waals surface area contributed by atoms with Crippen LogP contribution in [0.4, 0.5) is 4.39 Å². The minimum absolute atomic E-state index is 0.153. The summed E-state index contributed by atoms with van der Waals surface area (Å²) in [6.07, 6.45) is 0.424. The molecule has 0 atom stereocenters. The maximum atomic E-state index is 13.5. The van der Waals surface area contributed by atoms with Crippen molar-refractivity contribution in [2.24, 2.45) is 0 Å². The van der Waals surface area contributed by atoms with E-state index in [1.807, 2.05) is 6.92 Å². The first-order valence-electron chi connectivity index (χ1n) is 5.82. The van der Waals surface area contributed by atoms with Crippen molar-refractivity contribution in [3.8, 4) is 0 Å². The number of hydrogen-bond donors (Lipinski definition) is 1. The zero-order valence-corrected chi connectivity index (χ0v) is 13.1. The SMILES string of the molecule is CCSCCCS(=O)(=O)c1cc(F)c(Cl)c(C(=O)O)c1. The van der Waals surface area contributed by atoms with Crippen LogP contribution in [0.3, 0.4) is 0 Å². The van der Waals surface area contributed by atoms with Crippen LogP contribution in [0.5, 0.6) is 0 Å². The molecule has 0 saturated carbocycles. The number of carboxylic acids is 1. The summed E-state index contributed by atoms with van der Waals surface area (Å²) < 4.78 is 37.6. The highest BCUT2D eigenvalue weighted by Crippen LogP contribution is 2.25. The maximum absolute atomic E-state index is 13.5. The van der Waals surface area contributed by atoms with E-state index in [0.717, 1.165) is 17.9 Å². The lowest BCUT2D eigenvalue weighted by molar-refractivity contribution is 0.0696. The number of halogens is 2. The first-order chi connectivity index (χ1) is 9.29. The number of benzene rings is 1. The molecule has 4 nitrogen and oxygen atoms in total. The number of carbonyl (C=O) groups is 1. The van der Waals surface area contributed by atoms with Crippen LogP contribution in [0.2, 0.25) is 5.02 Å². The molecule has 0 radical (unpaired) electrons. The number of thioether (sulfide) groups is 1. The number of rotatable bonds is 7. The maximum Gasteiger partial charge on any atom is 0.337 e. The first kappa shape index (κ1) is 17.3. The van der Waals surface area contributed by atoms with Gasteiger partial charge in [0.2, 0.25) is 0 Å². The van der Waals surface area contributed by atoms with Gasteiger partial charge in [-0.3, -0.25) is 0 Å². The Morgan fingerprint density at radius 2 is 2.10 bits per heavy atom. The highest BCUT2D eigenvalue weighted by Gasteiger charge is 2.21. The van der Waals surface area contributed by atoms with Crippen molar-refractivity contribution in [1.82, 2.24) is 0 Å². The molecule has 0 heterocycles. The summed E-state index contributed by atoms with van der Waals surface area (Å²) in [6.45, 7) is 1.97. The fourth-order valence-electron chi connectivity index (χ4n) is 1.51. The van der Waals surface area contributed by atoms with Gasteiger partial charge in [0.1, 0.15) is 5.82 Å². The predicted molar refractivity (Wildman–Crippen MR) is 78.0 cm³/mol. The Morgan fingerprint density at radius 1 is 1.45 bits per heavy atom. The molecule has 0 bridgehead atoms. The largest absolute Gasteiger partial charge is 0.478 e. The number of carboxylic acid groups (broad SMARTS) is 1. The van der Waals surface area contributed by atoms with Crippen molar-refractivity contribution in [2.75, 3.05) is 17.3 Å². The molecule has 0 spiro atoms. The minimum atomic E-state index is -3.71. The molecular weight excluding hydrogens is 327 g/mol. The molecule has 0 aliphatic carbocycles. The molecule has 0 amide bonds. The number of aromatic carboxylic acids is 1. The van der Waals surface area contributed by atoms with Gasteiger partial charge in [-0.15, -0.1) is 0 Å². The van der Waals surface area contributed by atoms with E-state index in [9.17, 15) is 17.6 Å². The molecular formula is C12H14ClFO4S2.